The minimum atomic E-state index is 0.247. The number of ether oxygens (including phenoxy) is 1. The molecule has 0 bridgehead atoms. The van der Waals surface area contributed by atoms with Crippen LogP contribution in [0.4, 0.5) is 0 Å². The standard InChI is InChI=1S/C15H20N2OS/c1-10-5-6-14(18-4)13(7-10)11(2)16-8-15-12(3)17-9-19-15/h5-7,9,11,16H,8H2,1-4H3. The van der Waals surface area contributed by atoms with Gasteiger partial charge in [-0.05, 0) is 26.8 Å². The number of nitrogens with one attached hydrogen (secondary N) is 1. The van der Waals surface area contributed by atoms with E-state index in [0.29, 0.717) is 0 Å². The van der Waals surface area contributed by atoms with Crippen molar-refractivity contribution in [2.24, 2.45) is 0 Å². The van der Waals surface area contributed by atoms with E-state index in [1.807, 2.05) is 18.5 Å². The zero-order chi connectivity index (χ0) is 13.8. The first-order valence-corrected chi connectivity index (χ1v) is 7.26. The van der Waals surface area contributed by atoms with Gasteiger partial charge in [0.05, 0.1) is 18.3 Å². The molecule has 2 aromatic rings. The fourth-order valence-corrected chi connectivity index (χ4v) is 2.77. The molecule has 0 fully saturated rings. The van der Waals surface area contributed by atoms with Gasteiger partial charge in [-0.15, -0.1) is 11.3 Å². The Morgan fingerprint density at radius 2 is 2.16 bits per heavy atom. The molecule has 0 amide bonds. The summed E-state index contributed by atoms with van der Waals surface area (Å²) < 4.78 is 5.43. The second kappa shape index (κ2) is 6.17. The molecule has 0 aliphatic rings. The maximum atomic E-state index is 5.43. The highest BCUT2D eigenvalue weighted by molar-refractivity contribution is 7.09. The molecule has 0 aliphatic heterocycles. The third-order valence-electron chi connectivity index (χ3n) is 3.27. The topological polar surface area (TPSA) is 34.1 Å². The number of hydrogen-bond donors (Lipinski definition) is 1. The molecular formula is C15H20N2OS. The number of aryl methyl sites for hydroxylation is 2. The van der Waals surface area contributed by atoms with Gasteiger partial charge in [-0.2, -0.15) is 0 Å². The smallest absolute Gasteiger partial charge is 0.123 e. The molecule has 0 saturated heterocycles. The number of hydrogen-bond acceptors (Lipinski definition) is 4. The van der Waals surface area contributed by atoms with E-state index in [1.165, 1.54) is 16.0 Å². The van der Waals surface area contributed by atoms with Gasteiger partial charge in [0.25, 0.3) is 0 Å². The van der Waals surface area contributed by atoms with Crippen molar-refractivity contribution in [1.82, 2.24) is 10.3 Å². The summed E-state index contributed by atoms with van der Waals surface area (Å²) in [5.41, 5.74) is 5.45. The van der Waals surface area contributed by atoms with Crippen molar-refractivity contribution in [2.75, 3.05) is 7.11 Å². The fourth-order valence-electron chi connectivity index (χ4n) is 2.04. The molecule has 19 heavy (non-hydrogen) atoms. The molecule has 1 unspecified atom stereocenters. The Bertz CT molecular complexity index is 551. The molecule has 0 aliphatic carbocycles. The lowest BCUT2D eigenvalue weighted by molar-refractivity contribution is 0.401. The van der Waals surface area contributed by atoms with Crippen LogP contribution in [0.3, 0.4) is 0 Å². The van der Waals surface area contributed by atoms with Gasteiger partial charge in [0.15, 0.2) is 0 Å². The van der Waals surface area contributed by atoms with Crippen molar-refractivity contribution in [3.8, 4) is 5.75 Å². The Kier molecular flexibility index (Phi) is 4.56. The summed E-state index contributed by atoms with van der Waals surface area (Å²) in [6.45, 7) is 7.15. The molecular weight excluding hydrogens is 256 g/mol. The van der Waals surface area contributed by atoms with Gasteiger partial charge in [-0.3, -0.25) is 0 Å². The number of benzene rings is 1. The first-order chi connectivity index (χ1) is 9.11. The lowest BCUT2D eigenvalue weighted by Gasteiger charge is -2.17. The lowest BCUT2D eigenvalue weighted by atomic mass is 10.0. The predicted octanol–water partition coefficient (Wildman–Crippen LogP) is 3.62. The van der Waals surface area contributed by atoms with E-state index in [0.717, 1.165) is 18.0 Å². The van der Waals surface area contributed by atoms with Crippen molar-refractivity contribution in [1.29, 1.82) is 0 Å². The molecule has 1 N–H and O–H groups in total. The molecule has 4 heteroatoms. The van der Waals surface area contributed by atoms with E-state index in [9.17, 15) is 0 Å². The van der Waals surface area contributed by atoms with Crippen LogP contribution in [-0.4, -0.2) is 12.1 Å². The first kappa shape index (κ1) is 14.0. The number of aromatic nitrogens is 1. The average molecular weight is 276 g/mol. The molecule has 3 nitrogen and oxygen atoms in total. The van der Waals surface area contributed by atoms with Gasteiger partial charge in [-0.25, -0.2) is 4.98 Å². The SMILES string of the molecule is COc1ccc(C)cc1C(C)NCc1scnc1C. The maximum Gasteiger partial charge on any atom is 0.123 e. The molecule has 2 rings (SSSR count). The number of methoxy groups -OCH3 is 1. The predicted molar refractivity (Wildman–Crippen MR) is 79.8 cm³/mol. The van der Waals surface area contributed by atoms with Gasteiger partial charge in [0.1, 0.15) is 5.75 Å². The highest BCUT2D eigenvalue weighted by Gasteiger charge is 2.12. The van der Waals surface area contributed by atoms with Gasteiger partial charge in [-0.1, -0.05) is 17.7 Å². The van der Waals surface area contributed by atoms with Crippen LogP contribution in [0.15, 0.2) is 23.7 Å². The van der Waals surface area contributed by atoms with E-state index in [2.05, 4.69) is 36.3 Å². The number of nitrogens with zero attached hydrogens (tertiary/aromatic N) is 1. The van der Waals surface area contributed by atoms with Crippen LogP contribution in [0.25, 0.3) is 0 Å². The molecule has 0 radical (unpaired) electrons. The Morgan fingerprint density at radius 1 is 1.37 bits per heavy atom. The van der Waals surface area contributed by atoms with Gasteiger partial charge >= 0.3 is 0 Å². The van der Waals surface area contributed by atoms with E-state index in [1.54, 1.807) is 18.4 Å². The van der Waals surface area contributed by atoms with Crippen molar-refractivity contribution >= 4 is 11.3 Å². The van der Waals surface area contributed by atoms with Crippen LogP contribution in [0.2, 0.25) is 0 Å². The third kappa shape index (κ3) is 3.33. The minimum absolute atomic E-state index is 0.247. The Labute approximate surface area is 118 Å². The number of thiazole rings is 1. The minimum Gasteiger partial charge on any atom is -0.496 e. The molecule has 0 saturated carbocycles. The van der Waals surface area contributed by atoms with Crippen LogP contribution in [0.5, 0.6) is 5.75 Å². The summed E-state index contributed by atoms with van der Waals surface area (Å²) in [5, 5.41) is 3.53. The second-order valence-corrected chi connectivity index (χ2v) is 5.65. The van der Waals surface area contributed by atoms with Crippen molar-refractivity contribution in [2.45, 2.75) is 33.4 Å². The van der Waals surface area contributed by atoms with E-state index < -0.39 is 0 Å². The lowest BCUT2D eigenvalue weighted by Crippen LogP contribution is -2.18. The summed E-state index contributed by atoms with van der Waals surface area (Å²) in [5.74, 6) is 0.937. The highest BCUT2D eigenvalue weighted by Crippen LogP contribution is 2.26. The fraction of sp³-hybridized carbons (Fsp3) is 0.400. The third-order valence-corrected chi connectivity index (χ3v) is 4.20. The normalized spacial score (nSPS) is 12.4. The van der Waals surface area contributed by atoms with Crippen LogP contribution in [0.1, 0.15) is 34.7 Å². The summed E-state index contributed by atoms with van der Waals surface area (Å²) in [6, 6.07) is 6.52. The van der Waals surface area contributed by atoms with Crippen LogP contribution in [-0.2, 0) is 6.54 Å². The van der Waals surface area contributed by atoms with Crippen molar-refractivity contribution in [3.05, 3.63) is 45.4 Å². The van der Waals surface area contributed by atoms with E-state index >= 15 is 0 Å². The Hall–Kier alpha value is -1.39. The molecule has 1 aromatic heterocycles. The molecule has 102 valence electrons. The summed E-state index contributed by atoms with van der Waals surface area (Å²) in [6.07, 6.45) is 0. The molecule has 0 spiro atoms. The van der Waals surface area contributed by atoms with Gasteiger partial charge < -0.3 is 10.1 Å². The average Bonchev–Trinajstić information content (AvgIpc) is 2.81. The van der Waals surface area contributed by atoms with Crippen LogP contribution >= 0.6 is 11.3 Å². The highest BCUT2D eigenvalue weighted by atomic mass is 32.1. The zero-order valence-corrected chi connectivity index (χ0v) is 12.7. The van der Waals surface area contributed by atoms with Crippen LogP contribution in [0, 0.1) is 13.8 Å². The summed E-state index contributed by atoms with van der Waals surface area (Å²) >= 11 is 1.69. The molecule has 1 atom stereocenters. The summed E-state index contributed by atoms with van der Waals surface area (Å²) in [4.78, 5) is 5.56. The monoisotopic (exact) mass is 276 g/mol. The number of rotatable bonds is 5. The molecule has 1 aromatic carbocycles. The van der Waals surface area contributed by atoms with Gasteiger partial charge in [0.2, 0.25) is 0 Å². The summed E-state index contributed by atoms with van der Waals surface area (Å²) in [7, 11) is 1.72. The van der Waals surface area contributed by atoms with E-state index in [4.69, 9.17) is 4.74 Å². The Balaban J connectivity index is 2.09. The van der Waals surface area contributed by atoms with Crippen molar-refractivity contribution < 1.29 is 4.74 Å². The first-order valence-electron chi connectivity index (χ1n) is 6.38. The maximum absolute atomic E-state index is 5.43. The van der Waals surface area contributed by atoms with Crippen molar-refractivity contribution in [3.63, 3.8) is 0 Å². The second-order valence-electron chi connectivity index (χ2n) is 4.71. The Morgan fingerprint density at radius 3 is 2.79 bits per heavy atom. The van der Waals surface area contributed by atoms with E-state index in [-0.39, 0.29) is 6.04 Å². The quantitative estimate of drug-likeness (QED) is 0.905. The van der Waals surface area contributed by atoms with Crippen LogP contribution < -0.4 is 10.1 Å². The zero-order valence-electron chi connectivity index (χ0n) is 11.9. The van der Waals surface area contributed by atoms with Gasteiger partial charge in [0, 0.05) is 23.0 Å². The largest absolute Gasteiger partial charge is 0.496 e. The molecule has 1 heterocycles.